The van der Waals surface area contributed by atoms with Gasteiger partial charge in [-0.05, 0) is 42.7 Å². The lowest BCUT2D eigenvalue weighted by Gasteiger charge is -2.07. The number of nitrogen functional groups attached to an aromatic ring is 1. The van der Waals surface area contributed by atoms with E-state index in [1.807, 2.05) is 62.4 Å². The number of aryl methyl sites for hydroxylation is 2. The van der Waals surface area contributed by atoms with Crippen molar-refractivity contribution in [1.82, 2.24) is 15.0 Å². The number of hydrogen-bond donors (Lipinski definition) is 2. The molecule has 6 heteroatoms. The molecule has 3 aromatic rings. The van der Waals surface area contributed by atoms with E-state index in [0.29, 0.717) is 6.54 Å². The average Bonchev–Trinajstić information content (AvgIpc) is 2.88. The van der Waals surface area contributed by atoms with E-state index in [2.05, 4.69) is 15.6 Å². The molecule has 1 aromatic heterocycles. The van der Waals surface area contributed by atoms with Gasteiger partial charge in [0.15, 0.2) is 11.5 Å². The minimum atomic E-state index is -0.364. The predicted octanol–water partition coefficient (Wildman–Crippen LogP) is 2.78. The minimum Gasteiger partial charge on any atom is -0.382 e. The maximum atomic E-state index is 12.4. The summed E-state index contributed by atoms with van der Waals surface area (Å²) in [5.41, 5.74) is 10.1. The molecule has 6 nitrogen and oxygen atoms in total. The van der Waals surface area contributed by atoms with Crippen LogP contribution in [-0.2, 0) is 6.54 Å². The van der Waals surface area contributed by atoms with Crippen LogP contribution in [-0.4, -0.2) is 20.9 Å². The van der Waals surface area contributed by atoms with Crippen LogP contribution in [0.5, 0.6) is 0 Å². The molecule has 1 amide bonds. The lowest BCUT2D eigenvalue weighted by Crippen LogP contribution is -2.15. The quantitative estimate of drug-likeness (QED) is 0.773. The first-order chi connectivity index (χ1) is 11.5. The summed E-state index contributed by atoms with van der Waals surface area (Å²) in [4.78, 5) is 12.4. The lowest BCUT2D eigenvalue weighted by atomic mass is 10.1. The molecule has 0 aliphatic rings. The average molecular weight is 321 g/mol. The Morgan fingerprint density at radius 3 is 2.46 bits per heavy atom. The van der Waals surface area contributed by atoms with E-state index in [-0.39, 0.29) is 17.4 Å². The summed E-state index contributed by atoms with van der Waals surface area (Å²) in [6, 6.07) is 15.6. The lowest BCUT2D eigenvalue weighted by molar-refractivity contribution is 0.102. The first-order valence-electron chi connectivity index (χ1n) is 7.65. The Balaban J connectivity index is 1.78. The second kappa shape index (κ2) is 6.54. The molecule has 0 fully saturated rings. The third kappa shape index (κ3) is 3.43. The van der Waals surface area contributed by atoms with Gasteiger partial charge in [0.25, 0.3) is 5.91 Å². The third-order valence-corrected chi connectivity index (χ3v) is 3.64. The molecule has 24 heavy (non-hydrogen) atoms. The number of nitrogens with one attached hydrogen (secondary N) is 1. The summed E-state index contributed by atoms with van der Waals surface area (Å²) in [5.74, 6) is -0.113. The van der Waals surface area contributed by atoms with Gasteiger partial charge in [-0.1, -0.05) is 41.6 Å². The molecule has 122 valence electrons. The first-order valence-corrected chi connectivity index (χ1v) is 7.65. The van der Waals surface area contributed by atoms with Gasteiger partial charge in [0, 0.05) is 5.69 Å². The van der Waals surface area contributed by atoms with Gasteiger partial charge >= 0.3 is 0 Å². The Labute approximate surface area is 140 Å². The fraction of sp³-hybridized carbons (Fsp3) is 0.167. The number of amides is 1. The van der Waals surface area contributed by atoms with Crippen molar-refractivity contribution in [3.8, 4) is 0 Å². The Morgan fingerprint density at radius 2 is 1.79 bits per heavy atom. The molecule has 0 aliphatic carbocycles. The number of carbonyl (C=O) groups is 1. The van der Waals surface area contributed by atoms with Crippen LogP contribution in [0.3, 0.4) is 0 Å². The molecule has 0 radical (unpaired) electrons. The van der Waals surface area contributed by atoms with Crippen molar-refractivity contribution in [3.63, 3.8) is 0 Å². The van der Waals surface area contributed by atoms with Crippen molar-refractivity contribution in [3.05, 3.63) is 70.9 Å². The Morgan fingerprint density at radius 1 is 1.12 bits per heavy atom. The second-order valence-electron chi connectivity index (χ2n) is 5.80. The first kappa shape index (κ1) is 15.7. The normalized spacial score (nSPS) is 10.6. The molecule has 0 atom stereocenters. The van der Waals surface area contributed by atoms with Crippen molar-refractivity contribution in [2.75, 3.05) is 11.1 Å². The zero-order chi connectivity index (χ0) is 17.1. The Bertz CT molecular complexity index is 850. The molecule has 0 spiro atoms. The molecule has 0 saturated carbocycles. The van der Waals surface area contributed by atoms with Crippen LogP contribution in [0.15, 0.2) is 48.5 Å². The predicted molar refractivity (Wildman–Crippen MR) is 93.8 cm³/mol. The van der Waals surface area contributed by atoms with Crippen LogP contribution in [0.4, 0.5) is 11.5 Å². The fourth-order valence-corrected chi connectivity index (χ4v) is 2.59. The maximum absolute atomic E-state index is 12.4. The van der Waals surface area contributed by atoms with Crippen molar-refractivity contribution in [2.45, 2.75) is 20.4 Å². The Kier molecular flexibility index (Phi) is 4.29. The number of benzene rings is 2. The topological polar surface area (TPSA) is 85.8 Å². The molecule has 3 N–H and O–H groups in total. The van der Waals surface area contributed by atoms with Crippen molar-refractivity contribution < 1.29 is 4.79 Å². The number of rotatable bonds is 4. The highest BCUT2D eigenvalue weighted by molar-refractivity contribution is 6.05. The van der Waals surface area contributed by atoms with Gasteiger partial charge in [0.05, 0.1) is 6.54 Å². The van der Waals surface area contributed by atoms with E-state index in [1.165, 1.54) is 4.68 Å². The van der Waals surface area contributed by atoms with Gasteiger partial charge in [-0.15, -0.1) is 5.10 Å². The molecule has 0 bridgehead atoms. The summed E-state index contributed by atoms with van der Waals surface area (Å²) in [6.07, 6.45) is 0. The zero-order valence-corrected chi connectivity index (χ0v) is 13.7. The number of carbonyl (C=O) groups excluding carboxylic acids is 1. The fourth-order valence-electron chi connectivity index (χ4n) is 2.59. The minimum absolute atomic E-state index is 0.130. The summed E-state index contributed by atoms with van der Waals surface area (Å²) < 4.78 is 1.52. The number of anilines is 2. The van der Waals surface area contributed by atoms with E-state index in [1.54, 1.807) is 0 Å². The SMILES string of the molecule is Cc1cc(C)cc(NC(=O)c2nnn(Cc3ccccc3)c2N)c1. The van der Waals surface area contributed by atoms with Crippen LogP contribution in [0.2, 0.25) is 0 Å². The highest BCUT2D eigenvalue weighted by Crippen LogP contribution is 2.17. The molecular weight excluding hydrogens is 302 g/mol. The summed E-state index contributed by atoms with van der Waals surface area (Å²) in [5, 5.41) is 10.7. The van der Waals surface area contributed by atoms with Gasteiger partial charge in [0.1, 0.15) is 0 Å². The summed E-state index contributed by atoms with van der Waals surface area (Å²) >= 11 is 0. The standard InChI is InChI=1S/C18H19N5O/c1-12-8-13(2)10-15(9-12)20-18(24)16-17(19)23(22-21-16)11-14-6-4-3-5-7-14/h3-10H,11,19H2,1-2H3,(H,20,24). The van der Waals surface area contributed by atoms with Crippen LogP contribution in [0.1, 0.15) is 27.2 Å². The van der Waals surface area contributed by atoms with Crippen LogP contribution < -0.4 is 11.1 Å². The van der Waals surface area contributed by atoms with Gasteiger partial charge < -0.3 is 11.1 Å². The van der Waals surface area contributed by atoms with Crippen LogP contribution in [0, 0.1) is 13.8 Å². The van der Waals surface area contributed by atoms with Crippen LogP contribution in [0.25, 0.3) is 0 Å². The van der Waals surface area contributed by atoms with Gasteiger partial charge in [-0.3, -0.25) is 4.79 Å². The van der Waals surface area contributed by atoms with E-state index < -0.39 is 0 Å². The molecule has 3 rings (SSSR count). The van der Waals surface area contributed by atoms with Crippen molar-refractivity contribution in [2.24, 2.45) is 0 Å². The smallest absolute Gasteiger partial charge is 0.280 e. The molecule has 0 unspecified atom stereocenters. The maximum Gasteiger partial charge on any atom is 0.280 e. The number of nitrogens with zero attached hydrogens (tertiary/aromatic N) is 3. The molecular formula is C18H19N5O. The monoisotopic (exact) mass is 321 g/mol. The van der Waals surface area contributed by atoms with E-state index in [0.717, 1.165) is 22.4 Å². The zero-order valence-electron chi connectivity index (χ0n) is 13.7. The van der Waals surface area contributed by atoms with Gasteiger partial charge in [-0.25, -0.2) is 4.68 Å². The number of aromatic nitrogens is 3. The molecule has 0 aliphatic heterocycles. The van der Waals surface area contributed by atoms with E-state index >= 15 is 0 Å². The van der Waals surface area contributed by atoms with Gasteiger partial charge in [0.2, 0.25) is 0 Å². The van der Waals surface area contributed by atoms with Crippen LogP contribution >= 0.6 is 0 Å². The van der Waals surface area contributed by atoms with E-state index in [9.17, 15) is 4.79 Å². The number of nitrogens with two attached hydrogens (primary N) is 1. The summed E-state index contributed by atoms with van der Waals surface area (Å²) in [7, 11) is 0. The molecule has 0 saturated heterocycles. The third-order valence-electron chi connectivity index (χ3n) is 3.64. The molecule has 1 heterocycles. The summed E-state index contributed by atoms with van der Waals surface area (Å²) in [6.45, 7) is 4.43. The second-order valence-corrected chi connectivity index (χ2v) is 5.80. The van der Waals surface area contributed by atoms with E-state index in [4.69, 9.17) is 5.73 Å². The van der Waals surface area contributed by atoms with Crippen molar-refractivity contribution in [1.29, 1.82) is 0 Å². The van der Waals surface area contributed by atoms with Gasteiger partial charge in [-0.2, -0.15) is 0 Å². The molecule has 2 aromatic carbocycles. The highest BCUT2D eigenvalue weighted by atomic mass is 16.2. The van der Waals surface area contributed by atoms with Crippen molar-refractivity contribution >= 4 is 17.4 Å². The highest BCUT2D eigenvalue weighted by Gasteiger charge is 2.18. The Hall–Kier alpha value is -3.15. The number of hydrogen-bond acceptors (Lipinski definition) is 4. The largest absolute Gasteiger partial charge is 0.382 e.